The standard InChI is InChI=1S/C13H15N/c1-3-12-8-6-9-13(11-12)7-4-5-10-14-2/h3,6,8-9,11,14H,1,5,10H2,2H3. The topological polar surface area (TPSA) is 12.0 Å². The molecule has 1 nitrogen and oxygen atoms in total. The number of hydrogen-bond acceptors (Lipinski definition) is 1. The van der Waals surface area contributed by atoms with Crippen LogP contribution in [-0.2, 0) is 0 Å². The molecular weight excluding hydrogens is 170 g/mol. The first-order valence-corrected chi connectivity index (χ1v) is 4.73. The van der Waals surface area contributed by atoms with Crippen molar-refractivity contribution in [3.63, 3.8) is 0 Å². The fourth-order valence-electron chi connectivity index (χ4n) is 1.10. The number of benzene rings is 1. The maximum absolute atomic E-state index is 3.72. The van der Waals surface area contributed by atoms with Crippen molar-refractivity contribution in [2.45, 2.75) is 6.42 Å². The molecule has 0 saturated heterocycles. The molecule has 14 heavy (non-hydrogen) atoms. The summed E-state index contributed by atoms with van der Waals surface area (Å²) in [6.45, 7) is 4.66. The van der Waals surface area contributed by atoms with E-state index in [1.54, 1.807) is 0 Å². The van der Waals surface area contributed by atoms with Crippen LogP contribution in [0.15, 0.2) is 30.8 Å². The zero-order chi connectivity index (χ0) is 10.2. The van der Waals surface area contributed by atoms with Crippen LogP contribution in [0.2, 0.25) is 0 Å². The summed E-state index contributed by atoms with van der Waals surface area (Å²) in [5.74, 6) is 6.22. The maximum atomic E-state index is 3.72. The van der Waals surface area contributed by atoms with Gasteiger partial charge < -0.3 is 5.32 Å². The Kier molecular flexibility index (Phi) is 4.54. The lowest BCUT2D eigenvalue weighted by molar-refractivity contribution is 0.818. The van der Waals surface area contributed by atoms with Crippen LogP contribution in [0.3, 0.4) is 0 Å². The van der Waals surface area contributed by atoms with Gasteiger partial charge in [0.1, 0.15) is 0 Å². The van der Waals surface area contributed by atoms with Gasteiger partial charge in [-0.15, -0.1) is 0 Å². The molecule has 0 atom stereocenters. The van der Waals surface area contributed by atoms with Crippen LogP contribution in [0, 0.1) is 11.8 Å². The smallest absolute Gasteiger partial charge is 0.0251 e. The SMILES string of the molecule is C=Cc1cccc(C#CCCNC)c1. The number of nitrogens with one attached hydrogen (secondary N) is 1. The molecule has 1 aromatic rings. The van der Waals surface area contributed by atoms with Gasteiger partial charge in [-0.25, -0.2) is 0 Å². The highest BCUT2D eigenvalue weighted by atomic mass is 14.8. The summed E-state index contributed by atoms with van der Waals surface area (Å²) in [5, 5.41) is 3.06. The molecule has 1 rings (SSSR count). The van der Waals surface area contributed by atoms with E-state index in [9.17, 15) is 0 Å². The van der Waals surface area contributed by atoms with Gasteiger partial charge in [0.25, 0.3) is 0 Å². The van der Waals surface area contributed by atoms with E-state index < -0.39 is 0 Å². The fraction of sp³-hybridized carbons (Fsp3) is 0.231. The summed E-state index contributed by atoms with van der Waals surface area (Å²) in [4.78, 5) is 0. The van der Waals surface area contributed by atoms with Gasteiger partial charge in [-0.3, -0.25) is 0 Å². The molecule has 0 saturated carbocycles. The van der Waals surface area contributed by atoms with E-state index in [0.29, 0.717) is 0 Å². The highest BCUT2D eigenvalue weighted by molar-refractivity contribution is 5.51. The van der Waals surface area contributed by atoms with Gasteiger partial charge in [0, 0.05) is 18.5 Å². The van der Waals surface area contributed by atoms with Gasteiger partial charge in [-0.1, -0.05) is 36.6 Å². The predicted molar refractivity (Wildman–Crippen MR) is 62.0 cm³/mol. The first-order valence-electron chi connectivity index (χ1n) is 4.73. The Balaban J connectivity index is 2.64. The molecule has 0 aromatic heterocycles. The van der Waals surface area contributed by atoms with Gasteiger partial charge in [0.15, 0.2) is 0 Å². The van der Waals surface area contributed by atoms with Crippen molar-refractivity contribution in [2.75, 3.05) is 13.6 Å². The molecule has 1 N–H and O–H groups in total. The second-order valence-corrected chi connectivity index (χ2v) is 2.98. The lowest BCUT2D eigenvalue weighted by Crippen LogP contribution is -2.05. The molecule has 0 aliphatic carbocycles. The number of hydrogen-bond donors (Lipinski definition) is 1. The summed E-state index contributed by atoms with van der Waals surface area (Å²) in [6.07, 6.45) is 2.72. The van der Waals surface area contributed by atoms with Crippen LogP contribution in [-0.4, -0.2) is 13.6 Å². The molecule has 0 radical (unpaired) electrons. The monoisotopic (exact) mass is 185 g/mol. The van der Waals surface area contributed by atoms with Crippen LogP contribution in [0.4, 0.5) is 0 Å². The van der Waals surface area contributed by atoms with Crippen molar-refractivity contribution in [1.82, 2.24) is 5.32 Å². The largest absolute Gasteiger partial charge is 0.319 e. The quantitative estimate of drug-likeness (QED) is 0.563. The van der Waals surface area contributed by atoms with Crippen LogP contribution in [0.5, 0.6) is 0 Å². The predicted octanol–water partition coefficient (Wildman–Crippen LogP) is 2.29. The number of rotatable bonds is 3. The minimum absolute atomic E-state index is 0.884. The molecule has 0 amide bonds. The molecule has 1 aromatic carbocycles. The van der Waals surface area contributed by atoms with Crippen LogP contribution >= 0.6 is 0 Å². The van der Waals surface area contributed by atoms with Crippen molar-refractivity contribution < 1.29 is 0 Å². The van der Waals surface area contributed by atoms with E-state index in [1.807, 2.05) is 37.4 Å². The average molecular weight is 185 g/mol. The van der Waals surface area contributed by atoms with Crippen molar-refractivity contribution in [2.24, 2.45) is 0 Å². The molecule has 0 spiro atoms. The molecule has 0 fully saturated rings. The first-order chi connectivity index (χ1) is 6.86. The molecule has 1 heteroatoms. The van der Waals surface area contributed by atoms with E-state index in [1.165, 1.54) is 0 Å². The zero-order valence-corrected chi connectivity index (χ0v) is 8.51. The van der Waals surface area contributed by atoms with Crippen LogP contribution in [0.25, 0.3) is 6.08 Å². The van der Waals surface area contributed by atoms with Crippen molar-refractivity contribution in [3.05, 3.63) is 42.0 Å². The lowest BCUT2D eigenvalue weighted by atomic mass is 10.1. The van der Waals surface area contributed by atoms with E-state index >= 15 is 0 Å². The maximum Gasteiger partial charge on any atom is 0.0251 e. The van der Waals surface area contributed by atoms with Gasteiger partial charge >= 0.3 is 0 Å². The Hall–Kier alpha value is -1.52. The molecule has 0 aliphatic rings. The Morgan fingerprint density at radius 3 is 3.07 bits per heavy atom. The average Bonchev–Trinajstić information content (AvgIpc) is 2.25. The highest BCUT2D eigenvalue weighted by Crippen LogP contribution is 2.04. The van der Waals surface area contributed by atoms with Crippen LogP contribution < -0.4 is 5.32 Å². The third-order valence-corrected chi connectivity index (χ3v) is 1.86. The van der Waals surface area contributed by atoms with Crippen molar-refractivity contribution >= 4 is 6.08 Å². The second kappa shape index (κ2) is 6.01. The minimum Gasteiger partial charge on any atom is -0.319 e. The van der Waals surface area contributed by atoms with E-state index in [-0.39, 0.29) is 0 Å². The fourth-order valence-corrected chi connectivity index (χ4v) is 1.10. The Morgan fingerprint density at radius 1 is 1.50 bits per heavy atom. The molecule has 0 aliphatic heterocycles. The summed E-state index contributed by atoms with van der Waals surface area (Å²) in [6, 6.07) is 8.07. The van der Waals surface area contributed by atoms with E-state index in [0.717, 1.165) is 24.1 Å². The van der Waals surface area contributed by atoms with Crippen molar-refractivity contribution in [1.29, 1.82) is 0 Å². The third-order valence-electron chi connectivity index (χ3n) is 1.86. The molecule has 0 bridgehead atoms. The summed E-state index contributed by atoms with van der Waals surface area (Å²) < 4.78 is 0. The van der Waals surface area contributed by atoms with E-state index in [4.69, 9.17) is 0 Å². The second-order valence-electron chi connectivity index (χ2n) is 2.98. The van der Waals surface area contributed by atoms with Gasteiger partial charge in [0.2, 0.25) is 0 Å². The third kappa shape index (κ3) is 3.47. The Labute approximate surface area is 85.8 Å². The van der Waals surface area contributed by atoms with E-state index in [2.05, 4.69) is 23.7 Å². The Bertz CT molecular complexity index is 355. The first kappa shape index (κ1) is 10.6. The van der Waals surface area contributed by atoms with Crippen LogP contribution in [0.1, 0.15) is 17.5 Å². The van der Waals surface area contributed by atoms with Crippen molar-refractivity contribution in [3.8, 4) is 11.8 Å². The summed E-state index contributed by atoms with van der Waals surface area (Å²) in [7, 11) is 1.93. The highest BCUT2D eigenvalue weighted by Gasteiger charge is 1.87. The summed E-state index contributed by atoms with van der Waals surface area (Å²) in [5.41, 5.74) is 2.17. The molecule has 0 unspecified atom stereocenters. The van der Waals surface area contributed by atoms with Gasteiger partial charge in [-0.05, 0) is 24.7 Å². The lowest BCUT2D eigenvalue weighted by Gasteiger charge is -1.93. The molecular formula is C13H15N. The normalized spacial score (nSPS) is 8.93. The summed E-state index contributed by atoms with van der Waals surface area (Å²) >= 11 is 0. The zero-order valence-electron chi connectivity index (χ0n) is 8.51. The van der Waals surface area contributed by atoms with Gasteiger partial charge in [-0.2, -0.15) is 0 Å². The minimum atomic E-state index is 0.884. The Morgan fingerprint density at radius 2 is 2.36 bits per heavy atom. The van der Waals surface area contributed by atoms with Gasteiger partial charge in [0.05, 0.1) is 0 Å². The molecule has 72 valence electrons. The molecule has 0 heterocycles.